The SMILES string of the molecule is Cc1cc(Nc2ncc(F)c(N[C@@H]3C(C(N)=O)[C@H]4C=C[C@H]3C4)n2)ccc1N1CCN(C)CC1. The number of carbonyl (C=O) groups is 1. The molecule has 2 bridgehead atoms. The van der Waals surface area contributed by atoms with Crippen LogP contribution in [0.4, 0.5) is 27.5 Å². The van der Waals surface area contributed by atoms with Crippen molar-refractivity contribution in [3.05, 3.63) is 47.9 Å². The van der Waals surface area contributed by atoms with Crippen LogP contribution in [0.5, 0.6) is 0 Å². The third-order valence-electron chi connectivity index (χ3n) is 7.13. The second-order valence-electron chi connectivity index (χ2n) is 9.35. The zero-order valence-electron chi connectivity index (χ0n) is 19.0. The maximum Gasteiger partial charge on any atom is 0.229 e. The minimum atomic E-state index is -0.558. The zero-order valence-corrected chi connectivity index (χ0v) is 19.0. The van der Waals surface area contributed by atoms with Gasteiger partial charge in [0.25, 0.3) is 0 Å². The van der Waals surface area contributed by atoms with Gasteiger partial charge in [0.1, 0.15) is 0 Å². The van der Waals surface area contributed by atoms with Crippen molar-refractivity contribution in [2.75, 3.05) is 48.8 Å². The summed E-state index contributed by atoms with van der Waals surface area (Å²) in [4.78, 5) is 25.2. The summed E-state index contributed by atoms with van der Waals surface area (Å²) in [6, 6.07) is 5.88. The molecule has 5 rings (SSSR count). The molecule has 9 heteroatoms. The molecule has 1 saturated heterocycles. The van der Waals surface area contributed by atoms with E-state index in [0.29, 0.717) is 5.95 Å². The predicted molar refractivity (Wildman–Crippen MR) is 127 cm³/mol. The first-order valence-corrected chi connectivity index (χ1v) is 11.5. The molecule has 2 fully saturated rings. The number of fused-ring (bicyclic) bond motifs is 2. The van der Waals surface area contributed by atoms with Crippen molar-refractivity contribution >= 4 is 29.0 Å². The van der Waals surface area contributed by atoms with Gasteiger partial charge in [-0.2, -0.15) is 4.98 Å². The number of rotatable bonds is 6. The number of benzene rings is 1. The van der Waals surface area contributed by atoms with Crippen molar-refractivity contribution in [2.45, 2.75) is 19.4 Å². The lowest BCUT2D eigenvalue weighted by Gasteiger charge is -2.35. The van der Waals surface area contributed by atoms with Crippen LogP contribution in [0.1, 0.15) is 12.0 Å². The Kier molecular flexibility index (Phi) is 5.65. The molecule has 2 heterocycles. The highest BCUT2D eigenvalue weighted by Gasteiger charge is 2.47. The number of anilines is 4. The number of halogens is 1. The number of nitrogens with two attached hydrogens (primary N) is 1. The molecule has 1 aromatic heterocycles. The van der Waals surface area contributed by atoms with Crippen molar-refractivity contribution in [1.29, 1.82) is 0 Å². The lowest BCUT2D eigenvalue weighted by atomic mass is 9.88. The van der Waals surface area contributed by atoms with E-state index in [1.165, 1.54) is 5.69 Å². The molecule has 1 amide bonds. The fourth-order valence-corrected chi connectivity index (χ4v) is 5.36. The lowest BCUT2D eigenvalue weighted by molar-refractivity contribution is -0.122. The summed E-state index contributed by atoms with van der Waals surface area (Å²) in [6.07, 6.45) is 6.11. The van der Waals surface area contributed by atoms with E-state index in [1.807, 2.05) is 12.1 Å². The normalized spacial score (nSPS) is 26.6. The molecule has 1 aromatic carbocycles. The Balaban J connectivity index is 1.31. The number of hydrogen-bond acceptors (Lipinski definition) is 7. The second kappa shape index (κ2) is 8.62. The first kappa shape index (κ1) is 21.6. The summed E-state index contributed by atoms with van der Waals surface area (Å²) in [7, 11) is 2.14. The predicted octanol–water partition coefficient (Wildman–Crippen LogP) is 2.51. The number of hydrogen-bond donors (Lipinski definition) is 3. The van der Waals surface area contributed by atoms with Gasteiger partial charge in [-0.1, -0.05) is 12.2 Å². The minimum Gasteiger partial charge on any atom is -0.369 e. The van der Waals surface area contributed by atoms with Crippen molar-refractivity contribution < 1.29 is 9.18 Å². The fourth-order valence-electron chi connectivity index (χ4n) is 5.36. The molecule has 4 atom stereocenters. The number of primary amides is 1. The van der Waals surface area contributed by atoms with Gasteiger partial charge >= 0.3 is 0 Å². The van der Waals surface area contributed by atoms with Crippen molar-refractivity contribution in [2.24, 2.45) is 23.5 Å². The molecule has 2 aromatic rings. The van der Waals surface area contributed by atoms with Crippen molar-refractivity contribution in [3.63, 3.8) is 0 Å². The van der Waals surface area contributed by atoms with Gasteiger partial charge in [-0.15, -0.1) is 0 Å². The van der Waals surface area contributed by atoms with Crippen LogP contribution in [0.2, 0.25) is 0 Å². The van der Waals surface area contributed by atoms with Gasteiger partial charge in [0.15, 0.2) is 11.6 Å². The maximum atomic E-state index is 14.5. The van der Waals surface area contributed by atoms with Gasteiger partial charge in [0, 0.05) is 43.6 Å². The molecule has 4 N–H and O–H groups in total. The van der Waals surface area contributed by atoms with E-state index in [9.17, 15) is 9.18 Å². The number of likely N-dealkylation sites (N-methyl/N-ethyl adjacent to an activating group) is 1. The summed E-state index contributed by atoms with van der Waals surface area (Å²) in [5.74, 6) is -0.673. The van der Waals surface area contributed by atoms with E-state index < -0.39 is 5.82 Å². The highest BCUT2D eigenvalue weighted by atomic mass is 19.1. The van der Waals surface area contributed by atoms with Crippen LogP contribution in [0, 0.1) is 30.5 Å². The molecule has 33 heavy (non-hydrogen) atoms. The Morgan fingerprint density at radius 1 is 1.18 bits per heavy atom. The number of aryl methyl sites for hydroxylation is 1. The van der Waals surface area contributed by atoms with E-state index in [0.717, 1.165) is 50.0 Å². The van der Waals surface area contributed by atoms with E-state index >= 15 is 0 Å². The second-order valence-corrected chi connectivity index (χ2v) is 9.35. The number of allylic oxidation sites excluding steroid dienone is 1. The number of nitrogens with zero attached hydrogens (tertiary/aromatic N) is 4. The summed E-state index contributed by atoms with van der Waals surface area (Å²) in [5, 5.41) is 6.32. The summed E-state index contributed by atoms with van der Waals surface area (Å²) >= 11 is 0. The van der Waals surface area contributed by atoms with Crippen LogP contribution >= 0.6 is 0 Å². The van der Waals surface area contributed by atoms with Crippen LogP contribution in [-0.2, 0) is 4.79 Å². The third-order valence-corrected chi connectivity index (χ3v) is 7.13. The maximum absolute atomic E-state index is 14.5. The number of aromatic nitrogens is 2. The average molecular weight is 452 g/mol. The van der Waals surface area contributed by atoms with Crippen LogP contribution in [-0.4, -0.2) is 60.0 Å². The highest BCUT2D eigenvalue weighted by molar-refractivity contribution is 5.79. The van der Waals surface area contributed by atoms with Gasteiger partial charge in [-0.25, -0.2) is 9.37 Å². The summed E-state index contributed by atoms with van der Waals surface area (Å²) < 4.78 is 14.5. The number of nitrogens with one attached hydrogen (secondary N) is 2. The molecular weight excluding hydrogens is 421 g/mol. The molecule has 174 valence electrons. The molecule has 3 aliphatic rings. The van der Waals surface area contributed by atoms with Crippen LogP contribution in [0.25, 0.3) is 0 Å². The Morgan fingerprint density at radius 3 is 2.67 bits per heavy atom. The highest BCUT2D eigenvalue weighted by Crippen LogP contribution is 2.44. The van der Waals surface area contributed by atoms with Gasteiger partial charge in [0.05, 0.1) is 12.1 Å². The van der Waals surface area contributed by atoms with Gasteiger partial charge in [-0.3, -0.25) is 4.79 Å². The topological polar surface area (TPSA) is 99.4 Å². The van der Waals surface area contributed by atoms with Crippen LogP contribution in [0.3, 0.4) is 0 Å². The van der Waals surface area contributed by atoms with Crippen LogP contribution in [0.15, 0.2) is 36.5 Å². The fraction of sp³-hybridized carbons (Fsp3) is 0.458. The van der Waals surface area contributed by atoms with Crippen molar-refractivity contribution in [1.82, 2.24) is 14.9 Å². The molecule has 0 radical (unpaired) electrons. The number of amides is 1. The smallest absolute Gasteiger partial charge is 0.229 e. The molecule has 1 saturated carbocycles. The van der Waals surface area contributed by atoms with Crippen LogP contribution < -0.4 is 21.3 Å². The van der Waals surface area contributed by atoms with E-state index in [-0.39, 0.29) is 35.5 Å². The zero-order chi connectivity index (χ0) is 23.1. The summed E-state index contributed by atoms with van der Waals surface area (Å²) in [6.45, 7) is 6.20. The lowest BCUT2D eigenvalue weighted by Crippen LogP contribution is -2.44. The average Bonchev–Trinajstić information content (AvgIpc) is 3.39. The van der Waals surface area contributed by atoms with Gasteiger partial charge in [0.2, 0.25) is 11.9 Å². The molecule has 2 aliphatic carbocycles. The van der Waals surface area contributed by atoms with E-state index in [1.54, 1.807) is 0 Å². The molecule has 8 nitrogen and oxygen atoms in total. The Labute approximate surface area is 193 Å². The molecule has 1 aliphatic heterocycles. The largest absolute Gasteiger partial charge is 0.369 e. The number of carbonyl (C=O) groups excluding carboxylic acids is 1. The summed E-state index contributed by atoms with van der Waals surface area (Å²) in [5.41, 5.74) is 8.84. The first-order chi connectivity index (χ1) is 15.9. The monoisotopic (exact) mass is 451 g/mol. The Hall–Kier alpha value is -3.20. The van der Waals surface area contributed by atoms with Gasteiger partial charge < -0.3 is 26.2 Å². The Morgan fingerprint density at radius 2 is 1.94 bits per heavy atom. The molecular formula is C24H30FN7O. The number of piperazine rings is 1. The third kappa shape index (κ3) is 4.25. The molecule has 1 unspecified atom stereocenters. The van der Waals surface area contributed by atoms with Crippen molar-refractivity contribution in [3.8, 4) is 0 Å². The quantitative estimate of drug-likeness (QED) is 0.581. The minimum absolute atomic E-state index is 0.0791. The van der Waals surface area contributed by atoms with E-state index in [2.05, 4.69) is 62.6 Å². The van der Waals surface area contributed by atoms with Gasteiger partial charge in [-0.05, 0) is 56.0 Å². The standard InChI is InChI=1S/C24H30FN7O/c1-14-11-17(5-6-19(14)32-9-7-31(2)8-10-32)28-24-27-13-18(25)23(30-24)29-21-16-4-3-15(12-16)20(21)22(26)33/h3-6,11,13,15-16,20-21H,7-10,12H2,1-2H3,(H2,26,33)(H2,27,28,29,30)/t15-,16-,20?,21-/m0/s1. The Bertz CT molecular complexity index is 1080. The molecule has 0 spiro atoms. The first-order valence-electron chi connectivity index (χ1n) is 11.5. The van der Waals surface area contributed by atoms with E-state index in [4.69, 9.17) is 5.73 Å².